The molecule has 0 atom stereocenters. The van der Waals surface area contributed by atoms with Crippen LogP contribution in [0.4, 0.5) is 5.69 Å². The Morgan fingerprint density at radius 1 is 1.46 bits per heavy atom. The third-order valence-electron chi connectivity index (χ3n) is 1.74. The molecule has 0 fully saturated rings. The summed E-state index contributed by atoms with van der Waals surface area (Å²) in [6.45, 7) is 0. The molecular formula is C8H6ClN3O. The molecule has 1 heterocycles. The zero-order valence-electron chi connectivity index (χ0n) is 6.54. The minimum atomic E-state index is -0.312. The van der Waals surface area contributed by atoms with E-state index in [2.05, 4.69) is 9.97 Å². The lowest BCUT2D eigenvalue weighted by Gasteiger charge is -1.99. The van der Waals surface area contributed by atoms with Crippen LogP contribution in [-0.4, -0.2) is 9.97 Å². The number of anilines is 1. The summed E-state index contributed by atoms with van der Waals surface area (Å²) in [5.74, 6) is 0. The molecule has 0 aliphatic carbocycles. The van der Waals surface area contributed by atoms with E-state index in [-0.39, 0.29) is 10.8 Å². The Balaban J connectivity index is 3.03. The zero-order valence-corrected chi connectivity index (χ0v) is 7.30. The van der Waals surface area contributed by atoms with E-state index >= 15 is 0 Å². The number of nitrogens with zero attached hydrogens (tertiary/aromatic N) is 1. The SMILES string of the molecule is Nc1cccc2nc(Cl)[nH]c(=O)c12. The standard InChI is InChI=1S/C8H6ClN3O/c9-8-11-5-3-1-2-4(10)6(5)7(13)12-8/h1-3H,10H2,(H,11,12,13). The Labute approximate surface area is 78.4 Å². The van der Waals surface area contributed by atoms with Crippen molar-refractivity contribution >= 4 is 28.2 Å². The van der Waals surface area contributed by atoms with Gasteiger partial charge in [0.05, 0.1) is 10.9 Å². The number of halogens is 1. The molecule has 0 saturated carbocycles. The van der Waals surface area contributed by atoms with E-state index in [4.69, 9.17) is 17.3 Å². The molecule has 0 unspecified atom stereocenters. The van der Waals surface area contributed by atoms with Crippen LogP contribution in [0.15, 0.2) is 23.0 Å². The predicted octanol–water partition coefficient (Wildman–Crippen LogP) is 1.16. The van der Waals surface area contributed by atoms with Crippen LogP contribution in [0.3, 0.4) is 0 Å². The fourth-order valence-corrected chi connectivity index (χ4v) is 1.36. The number of nitrogens with two attached hydrogens (primary N) is 1. The summed E-state index contributed by atoms with van der Waals surface area (Å²) in [6, 6.07) is 5.06. The second-order valence-electron chi connectivity index (χ2n) is 2.60. The van der Waals surface area contributed by atoms with Gasteiger partial charge >= 0.3 is 0 Å². The summed E-state index contributed by atoms with van der Waals surface area (Å²) in [4.78, 5) is 17.7. The van der Waals surface area contributed by atoms with Gasteiger partial charge in [-0.05, 0) is 23.7 Å². The maximum Gasteiger partial charge on any atom is 0.261 e. The first kappa shape index (κ1) is 8.07. The van der Waals surface area contributed by atoms with Crippen LogP contribution in [0.1, 0.15) is 0 Å². The van der Waals surface area contributed by atoms with Gasteiger partial charge in [0, 0.05) is 5.69 Å². The van der Waals surface area contributed by atoms with Gasteiger partial charge in [-0.1, -0.05) is 6.07 Å². The van der Waals surface area contributed by atoms with Crippen LogP contribution in [-0.2, 0) is 0 Å². The normalized spacial score (nSPS) is 10.5. The van der Waals surface area contributed by atoms with Crippen molar-refractivity contribution < 1.29 is 0 Å². The molecule has 0 saturated heterocycles. The molecule has 66 valence electrons. The van der Waals surface area contributed by atoms with Crippen molar-refractivity contribution in [2.45, 2.75) is 0 Å². The number of fused-ring (bicyclic) bond motifs is 1. The Morgan fingerprint density at radius 3 is 3.00 bits per heavy atom. The Kier molecular flexibility index (Phi) is 1.70. The van der Waals surface area contributed by atoms with E-state index < -0.39 is 0 Å². The quantitative estimate of drug-likeness (QED) is 0.490. The summed E-state index contributed by atoms with van der Waals surface area (Å²) >= 11 is 5.57. The molecule has 2 aromatic rings. The van der Waals surface area contributed by atoms with E-state index in [0.717, 1.165) is 0 Å². The molecule has 0 amide bonds. The van der Waals surface area contributed by atoms with Crippen LogP contribution in [0, 0.1) is 0 Å². The van der Waals surface area contributed by atoms with Gasteiger partial charge in [0.1, 0.15) is 0 Å². The largest absolute Gasteiger partial charge is 0.398 e. The number of benzene rings is 1. The lowest BCUT2D eigenvalue weighted by Crippen LogP contribution is -2.09. The van der Waals surface area contributed by atoms with E-state index in [1.165, 1.54) is 0 Å². The molecule has 3 N–H and O–H groups in total. The maximum atomic E-state index is 11.4. The highest BCUT2D eigenvalue weighted by Crippen LogP contribution is 2.15. The molecule has 1 aromatic heterocycles. The van der Waals surface area contributed by atoms with E-state index in [1.54, 1.807) is 18.2 Å². The molecule has 5 heteroatoms. The fourth-order valence-electron chi connectivity index (χ4n) is 1.19. The van der Waals surface area contributed by atoms with Crippen LogP contribution >= 0.6 is 11.6 Å². The van der Waals surface area contributed by atoms with E-state index in [0.29, 0.717) is 16.6 Å². The topological polar surface area (TPSA) is 71.8 Å². The first-order chi connectivity index (χ1) is 6.18. The summed E-state index contributed by atoms with van der Waals surface area (Å²) in [7, 11) is 0. The van der Waals surface area contributed by atoms with Crippen LogP contribution in [0.25, 0.3) is 10.9 Å². The monoisotopic (exact) mass is 195 g/mol. The minimum Gasteiger partial charge on any atom is -0.398 e. The fraction of sp³-hybridized carbons (Fsp3) is 0. The van der Waals surface area contributed by atoms with Gasteiger partial charge in [-0.25, -0.2) is 4.98 Å². The highest BCUT2D eigenvalue weighted by Gasteiger charge is 2.04. The van der Waals surface area contributed by atoms with Crippen molar-refractivity contribution in [3.8, 4) is 0 Å². The van der Waals surface area contributed by atoms with Gasteiger partial charge in [0.2, 0.25) is 5.28 Å². The number of aromatic nitrogens is 2. The smallest absolute Gasteiger partial charge is 0.261 e. The Hall–Kier alpha value is -1.55. The number of rotatable bonds is 0. The average molecular weight is 196 g/mol. The Morgan fingerprint density at radius 2 is 2.23 bits per heavy atom. The van der Waals surface area contributed by atoms with Crippen molar-refractivity contribution in [1.82, 2.24) is 9.97 Å². The highest BCUT2D eigenvalue weighted by atomic mass is 35.5. The second-order valence-corrected chi connectivity index (χ2v) is 2.96. The number of hydrogen-bond donors (Lipinski definition) is 2. The lowest BCUT2D eigenvalue weighted by atomic mass is 10.2. The zero-order chi connectivity index (χ0) is 9.42. The van der Waals surface area contributed by atoms with Gasteiger partial charge in [-0.15, -0.1) is 0 Å². The lowest BCUT2D eigenvalue weighted by molar-refractivity contribution is 1.17. The number of H-pyrrole nitrogens is 1. The summed E-state index contributed by atoms with van der Waals surface area (Å²) in [5, 5.41) is 0.454. The average Bonchev–Trinajstić information content (AvgIpc) is 2.02. The van der Waals surface area contributed by atoms with Gasteiger partial charge in [0.25, 0.3) is 5.56 Å². The third-order valence-corrected chi connectivity index (χ3v) is 1.92. The molecule has 0 spiro atoms. The van der Waals surface area contributed by atoms with Gasteiger partial charge in [0.15, 0.2) is 0 Å². The number of nitrogen functional groups attached to an aromatic ring is 1. The molecule has 0 radical (unpaired) electrons. The molecule has 0 bridgehead atoms. The Bertz CT molecular complexity index is 520. The maximum absolute atomic E-state index is 11.4. The van der Waals surface area contributed by atoms with E-state index in [1.807, 2.05) is 0 Å². The molecule has 1 aromatic carbocycles. The molecule has 0 aliphatic heterocycles. The molecular weight excluding hydrogens is 190 g/mol. The molecule has 13 heavy (non-hydrogen) atoms. The summed E-state index contributed by atoms with van der Waals surface area (Å²) in [5.41, 5.74) is 6.21. The molecule has 4 nitrogen and oxygen atoms in total. The minimum absolute atomic E-state index is 0.0723. The first-order valence-corrected chi connectivity index (χ1v) is 4.00. The van der Waals surface area contributed by atoms with Gasteiger partial charge < -0.3 is 5.73 Å². The predicted molar refractivity (Wildman–Crippen MR) is 51.8 cm³/mol. The highest BCUT2D eigenvalue weighted by molar-refractivity contribution is 6.28. The van der Waals surface area contributed by atoms with Crippen molar-refractivity contribution in [2.24, 2.45) is 0 Å². The van der Waals surface area contributed by atoms with Crippen molar-refractivity contribution in [3.05, 3.63) is 33.8 Å². The second kappa shape index (κ2) is 2.74. The van der Waals surface area contributed by atoms with Crippen molar-refractivity contribution in [3.63, 3.8) is 0 Å². The summed E-state index contributed by atoms with van der Waals surface area (Å²) < 4.78 is 0. The number of hydrogen-bond acceptors (Lipinski definition) is 3. The van der Waals surface area contributed by atoms with Crippen LogP contribution in [0.2, 0.25) is 5.28 Å². The van der Waals surface area contributed by atoms with Crippen LogP contribution in [0.5, 0.6) is 0 Å². The van der Waals surface area contributed by atoms with Gasteiger partial charge in [-0.2, -0.15) is 0 Å². The first-order valence-electron chi connectivity index (χ1n) is 3.62. The summed E-state index contributed by atoms with van der Waals surface area (Å²) in [6.07, 6.45) is 0. The number of nitrogens with one attached hydrogen (secondary N) is 1. The van der Waals surface area contributed by atoms with Gasteiger partial charge in [-0.3, -0.25) is 9.78 Å². The van der Waals surface area contributed by atoms with E-state index in [9.17, 15) is 4.79 Å². The molecule has 0 aliphatic rings. The van der Waals surface area contributed by atoms with Crippen molar-refractivity contribution in [2.75, 3.05) is 5.73 Å². The third kappa shape index (κ3) is 1.25. The molecule has 2 rings (SSSR count). The van der Waals surface area contributed by atoms with Crippen LogP contribution < -0.4 is 11.3 Å². The number of aromatic amines is 1. The van der Waals surface area contributed by atoms with Crippen molar-refractivity contribution in [1.29, 1.82) is 0 Å².